The Bertz CT molecular complexity index is 1010. The van der Waals surface area contributed by atoms with E-state index in [-0.39, 0.29) is 12.0 Å². The van der Waals surface area contributed by atoms with Gasteiger partial charge in [-0.05, 0) is 28.7 Å². The molecule has 9 heteroatoms. The molecule has 0 spiro atoms. The standard InChI is InChI=1S/C21H25N7O2/c1-2-3-8-18-22-20(21(29)30)25-28(18)13-14-9-11-15(12-10-14)16-6-4-5-7-17(16)19-23-26-27-24-19/h4-7,9-12,19,23-24,26-27H,2-3,8,13H2,1H3,(H,29,30). The van der Waals surface area contributed by atoms with Crippen molar-refractivity contribution in [1.29, 1.82) is 0 Å². The summed E-state index contributed by atoms with van der Waals surface area (Å²) in [7, 11) is 0. The van der Waals surface area contributed by atoms with Crippen LogP contribution in [0, 0.1) is 0 Å². The Morgan fingerprint density at radius 1 is 1.10 bits per heavy atom. The first-order chi connectivity index (χ1) is 14.7. The first-order valence-electron chi connectivity index (χ1n) is 10.0. The lowest BCUT2D eigenvalue weighted by molar-refractivity contribution is 0.0683. The number of nitrogens with zero attached hydrogens (tertiary/aromatic N) is 3. The molecule has 9 nitrogen and oxygen atoms in total. The van der Waals surface area contributed by atoms with Crippen molar-refractivity contribution in [2.45, 2.75) is 38.9 Å². The highest BCUT2D eigenvalue weighted by Crippen LogP contribution is 2.28. The largest absolute Gasteiger partial charge is 0.475 e. The van der Waals surface area contributed by atoms with Crippen LogP contribution in [-0.4, -0.2) is 25.8 Å². The highest BCUT2D eigenvalue weighted by molar-refractivity contribution is 5.82. The van der Waals surface area contributed by atoms with Crippen LogP contribution in [0.1, 0.15) is 53.5 Å². The number of carboxylic acid groups (broad SMARTS) is 1. The number of hydrogen-bond donors (Lipinski definition) is 5. The molecule has 0 saturated carbocycles. The van der Waals surface area contributed by atoms with E-state index < -0.39 is 5.97 Å². The molecule has 0 unspecified atom stereocenters. The summed E-state index contributed by atoms with van der Waals surface area (Å²) in [6.07, 6.45) is 2.62. The summed E-state index contributed by atoms with van der Waals surface area (Å²) < 4.78 is 1.70. The summed E-state index contributed by atoms with van der Waals surface area (Å²) >= 11 is 0. The molecule has 2 heterocycles. The summed E-state index contributed by atoms with van der Waals surface area (Å²) in [5.41, 5.74) is 16.3. The molecule has 156 valence electrons. The molecule has 5 N–H and O–H groups in total. The number of benzene rings is 2. The number of carboxylic acids is 1. The molecule has 1 fully saturated rings. The second kappa shape index (κ2) is 9.14. The second-order valence-electron chi connectivity index (χ2n) is 7.17. The fourth-order valence-electron chi connectivity index (χ4n) is 3.49. The van der Waals surface area contributed by atoms with Crippen LogP contribution in [0.25, 0.3) is 11.1 Å². The van der Waals surface area contributed by atoms with Gasteiger partial charge in [0, 0.05) is 6.42 Å². The van der Waals surface area contributed by atoms with Crippen molar-refractivity contribution in [3.05, 3.63) is 71.3 Å². The van der Waals surface area contributed by atoms with Gasteiger partial charge < -0.3 is 5.11 Å². The molecule has 30 heavy (non-hydrogen) atoms. The smallest absolute Gasteiger partial charge is 0.375 e. The van der Waals surface area contributed by atoms with Crippen LogP contribution in [0.5, 0.6) is 0 Å². The minimum absolute atomic E-state index is 0.0495. The molecule has 1 aliphatic heterocycles. The number of nitrogens with one attached hydrogen (secondary N) is 4. The monoisotopic (exact) mass is 407 g/mol. The molecule has 0 aliphatic carbocycles. The third-order valence-electron chi connectivity index (χ3n) is 5.06. The Morgan fingerprint density at radius 3 is 2.53 bits per heavy atom. The van der Waals surface area contributed by atoms with Gasteiger partial charge in [-0.25, -0.2) is 25.3 Å². The van der Waals surface area contributed by atoms with Crippen LogP contribution in [0.4, 0.5) is 0 Å². The molecule has 3 aromatic rings. The van der Waals surface area contributed by atoms with Crippen molar-refractivity contribution in [2.75, 3.05) is 0 Å². The van der Waals surface area contributed by atoms with Gasteiger partial charge in [0.25, 0.3) is 5.82 Å². The number of aryl methyl sites for hydroxylation is 1. The Balaban J connectivity index is 1.56. The molecular formula is C21H25N7O2. The summed E-state index contributed by atoms with van der Waals surface area (Å²) in [4.78, 5) is 15.5. The van der Waals surface area contributed by atoms with Gasteiger partial charge in [-0.2, -0.15) is 11.1 Å². The molecule has 0 amide bonds. The second-order valence-corrected chi connectivity index (χ2v) is 7.17. The first kappa shape index (κ1) is 20.2. The normalized spacial score (nSPS) is 14.3. The molecule has 0 bridgehead atoms. The van der Waals surface area contributed by atoms with Gasteiger partial charge in [0.2, 0.25) is 0 Å². The highest BCUT2D eigenvalue weighted by atomic mass is 16.4. The summed E-state index contributed by atoms with van der Waals surface area (Å²) in [6.45, 7) is 2.58. The van der Waals surface area contributed by atoms with E-state index in [9.17, 15) is 9.90 Å². The van der Waals surface area contributed by atoms with Crippen LogP contribution in [0.15, 0.2) is 48.5 Å². The average molecular weight is 407 g/mol. The molecule has 0 atom stereocenters. The van der Waals surface area contributed by atoms with Crippen molar-refractivity contribution in [3.63, 3.8) is 0 Å². The van der Waals surface area contributed by atoms with E-state index in [1.165, 1.54) is 0 Å². The quantitative estimate of drug-likeness (QED) is 0.386. The van der Waals surface area contributed by atoms with Crippen molar-refractivity contribution in [2.24, 2.45) is 0 Å². The van der Waals surface area contributed by atoms with Gasteiger partial charge in [-0.15, -0.1) is 5.10 Å². The lowest BCUT2D eigenvalue weighted by atomic mass is 9.97. The van der Waals surface area contributed by atoms with Crippen molar-refractivity contribution in [3.8, 4) is 11.1 Å². The Kier molecular flexibility index (Phi) is 6.15. The van der Waals surface area contributed by atoms with Crippen LogP contribution in [0.3, 0.4) is 0 Å². The van der Waals surface area contributed by atoms with Crippen molar-refractivity contribution < 1.29 is 9.90 Å². The molecular weight excluding hydrogens is 382 g/mol. The minimum atomic E-state index is -1.10. The van der Waals surface area contributed by atoms with E-state index in [0.29, 0.717) is 18.8 Å². The number of aromatic nitrogens is 3. The lowest BCUT2D eigenvalue weighted by Gasteiger charge is -2.15. The third-order valence-corrected chi connectivity index (χ3v) is 5.06. The first-order valence-corrected chi connectivity index (χ1v) is 10.0. The summed E-state index contributed by atoms with van der Waals surface area (Å²) in [5, 5.41) is 13.4. The van der Waals surface area contributed by atoms with Gasteiger partial charge >= 0.3 is 5.97 Å². The van der Waals surface area contributed by atoms with Gasteiger partial charge in [-0.3, -0.25) is 0 Å². The van der Waals surface area contributed by atoms with Crippen LogP contribution >= 0.6 is 0 Å². The molecule has 1 aromatic heterocycles. The van der Waals surface area contributed by atoms with E-state index in [1.807, 2.05) is 24.3 Å². The lowest BCUT2D eigenvalue weighted by Crippen LogP contribution is -2.33. The number of rotatable bonds is 8. The molecule has 0 radical (unpaired) electrons. The van der Waals surface area contributed by atoms with E-state index in [2.05, 4.69) is 63.2 Å². The van der Waals surface area contributed by atoms with Crippen LogP contribution in [0.2, 0.25) is 0 Å². The topological polar surface area (TPSA) is 116 Å². The Labute approximate surface area is 174 Å². The average Bonchev–Trinajstić information content (AvgIpc) is 3.43. The third kappa shape index (κ3) is 4.39. The number of carbonyl (C=O) groups is 1. The fourth-order valence-corrected chi connectivity index (χ4v) is 3.49. The van der Waals surface area contributed by atoms with Gasteiger partial charge in [0.15, 0.2) is 0 Å². The van der Waals surface area contributed by atoms with Crippen LogP contribution in [-0.2, 0) is 13.0 Å². The zero-order chi connectivity index (χ0) is 20.9. The van der Waals surface area contributed by atoms with E-state index in [1.54, 1.807) is 4.68 Å². The fraction of sp³-hybridized carbons (Fsp3) is 0.286. The van der Waals surface area contributed by atoms with Gasteiger partial charge in [0.05, 0.1) is 6.54 Å². The van der Waals surface area contributed by atoms with E-state index >= 15 is 0 Å². The van der Waals surface area contributed by atoms with Gasteiger partial charge in [-0.1, -0.05) is 61.9 Å². The molecule has 1 aliphatic rings. The molecule has 1 saturated heterocycles. The maximum atomic E-state index is 11.3. The number of hydrogen-bond acceptors (Lipinski definition) is 7. The predicted molar refractivity (Wildman–Crippen MR) is 112 cm³/mol. The van der Waals surface area contributed by atoms with Crippen LogP contribution < -0.4 is 21.9 Å². The maximum absolute atomic E-state index is 11.3. The summed E-state index contributed by atoms with van der Waals surface area (Å²) in [5.74, 6) is -0.538. The highest BCUT2D eigenvalue weighted by Gasteiger charge is 2.19. The zero-order valence-corrected chi connectivity index (χ0v) is 16.7. The zero-order valence-electron chi connectivity index (χ0n) is 16.7. The summed E-state index contributed by atoms with van der Waals surface area (Å²) in [6, 6.07) is 16.4. The molecule has 2 aromatic carbocycles. The van der Waals surface area contributed by atoms with Crippen molar-refractivity contribution in [1.82, 2.24) is 36.7 Å². The predicted octanol–water partition coefficient (Wildman–Crippen LogP) is 2.15. The molecule has 4 rings (SSSR count). The van der Waals surface area contributed by atoms with Gasteiger partial charge in [0.1, 0.15) is 12.0 Å². The minimum Gasteiger partial charge on any atom is -0.475 e. The SMILES string of the molecule is CCCCc1nc(C(=O)O)nn1Cc1ccc(-c2ccccc2C2NNNN2)cc1. The Hall–Kier alpha value is -3.11. The number of unbranched alkanes of at least 4 members (excludes halogenated alkanes) is 1. The maximum Gasteiger partial charge on any atom is 0.375 e. The van der Waals surface area contributed by atoms with E-state index in [0.717, 1.165) is 35.1 Å². The Morgan fingerprint density at radius 2 is 1.83 bits per heavy atom. The number of hydrazine groups is 3. The van der Waals surface area contributed by atoms with E-state index in [4.69, 9.17) is 0 Å². The number of aromatic carboxylic acids is 1. The van der Waals surface area contributed by atoms with Crippen molar-refractivity contribution >= 4 is 5.97 Å².